The summed E-state index contributed by atoms with van der Waals surface area (Å²) in [4.78, 5) is 14.5. The van der Waals surface area contributed by atoms with Crippen molar-refractivity contribution in [2.24, 2.45) is 11.8 Å². The van der Waals surface area contributed by atoms with Crippen molar-refractivity contribution < 1.29 is 9.53 Å². The van der Waals surface area contributed by atoms with Gasteiger partial charge in [-0.2, -0.15) is 0 Å². The van der Waals surface area contributed by atoms with Crippen LogP contribution in [-0.4, -0.2) is 50.7 Å². The maximum absolute atomic E-state index is 12.4. The Labute approximate surface area is 110 Å². The number of likely N-dealkylation sites (tertiary alicyclic amines) is 1. The first-order valence-corrected chi connectivity index (χ1v) is 7.32. The molecule has 0 aromatic heterocycles. The zero-order valence-corrected chi connectivity index (χ0v) is 11.5. The zero-order valence-electron chi connectivity index (χ0n) is 11.5. The molecule has 0 radical (unpaired) electrons. The molecular formula is C14H26N2O2. The van der Waals surface area contributed by atoms with E-state index in [0.29, 0.717) is 11.8 Å². The second kappa shape index (κ2) is 7.10. The number of piperidine rings is 1. The predicted octanol–water partition coefficient (Wildman–Crippen LogP) is 1.26. The Balaban J connectivity index is 1.81. The number of nitrogens with one attached hydrogen (secondary N) is 1. The Morgan fingerprint density at radius 2 is 2.11 bits per heavy atom. The number of hydrogen-bond donors (Lipinski definition) is 1. The van der Waals surface area contributed by atoms with E-state index in [1.165, 1.54) is 19.3 Å². The van der Waals surface area contributed by atoms with Crippen molar-refractivity contribution in [1.29, 1.82) is 0 Å². The number of ether oxygens (including phenoxy) is 1. The highest BCUT2D eigenvalue weighted by atomic mass is 16.5. The third-order valence-corrected chi connectivity index (χ3v) is 4.20. The molecule has 0 aromatic rings. The minimum atomic E-state index is 0.224. The van der Waals surface area contributed by atoms with Gasteiger partial charge in [-0.05, 0) is 51.6 Å². The van der Waals surface area contributed by atoms with E-state index < -0.39 is 0 Å². The molecule has 104 valence electrons. The van der Waals surface area contributed by atoms with Crippen molar-refractivity contribution in [1.82, 2.24) is 10.2 Å². The van der Waals surface area contributed by atoms with E-state index >= 15 is 0 Å². The highest BCUT2D eigenvalue weighted by molar-refractivity contribution is 5.79. The quantitative estimate of drug-likeness (QED) is 0.821. The Morgan fingerprint density at radius 3 is 2.83 bits per heavy atom. The Kier molecular flexibility index (Phi) is 5.45. The summed E-state index contributed by atoms with van der Waals surface area (Å²) in [5.74, 6) is 1.30. The molecule has 0 aromatic carbocycles. The van der Waals surface area contributed by atoms with Crippen molar-refractivity contribution in [2.75, 3.05) is 39.9 Å². The average Bonchev–Trinajstić information content (AvgIpc) is 2.45. The summed E-state index contributed by atoms with van der Waals surface area (Å²) in [5, 5.41) is 3.20. The summed E-state index contributed by atoms with van der Waals surface area (Å²) < 4.78 is 5.33. The van der Waals surface area contributed by atoms with Crippen molar-refractivity contribution in [2.45, 2.75) is 32.1 Å². The first-order valence-electron chi connectivity index (χ1n) is 7.32. The van der Waals surface area contributed by atoms with Gasteiger partial charge in [0.2, 0.25) is 5.91 Å². The third kappa shape index (κ3) is 3.69. The summed E-state index contributed by atoms with van der Waals surface area (Å²) in [6.07, 6.45) is 5.46. The largest absolute Gasteiger partial charge is 0.381 e. The van der Waals surface area contributed by atoms with E-state index in [1.54, 1.807) is 0 Å². The zero-order chi connectivity index (χ0) is 12.8. The van der Waals surface area contributed by atoms with Crippen molar-refractivity contribution in [3.63, 3.8) is 0 Å². The van der Waals surface area contributed by atoms with Gasteiger partial charge >= 0.3 is 0 Å². The van der Waals surface area contributed by atoms with Crippen molar-refractivity contribution >= 4 is 5.91 Å². The van der Waals surface area contributed by atoms with Crippen LogP contribution in [0.1, 0.15) is 32.1 Å². The monoisotopic (exact) mass is 254 g/mol. The lowest BCUT2D eigenvalue weighted by molar-refractivity contribution is -0.140. The number of rotatable bonds is 4. The lowest BCUT2D eigenvalue weighted by Crippen LogP contribution is -2.44. The van der Waals surface area contributed by atoms with Gasteiger partial charge in [0.15, 0.2) is 0 Å². The summed E-state index contributed by atoms with van der Waals surface area (Å²) in [5.41, 5.74) is 0. The third-order valence-electron chi connectivity index (χ3n) is 4.20. The molecule has 1 unspecified atom stereocenters. The van der Waals surface area contributed by atoms with E-state index in [-0.39, 0.29) is 5.92 Å². The Hall–Kier alpha value is -0.610. The summed E-state index contributed by atoms with van der Waals surface area (Å²) >= 11 is 0. The molecule has 4 nitrogen and oxygen atoms in total. The molecule has 2 saturated heterocycles. The predicted molar refractivity (Wildman–Crippen MR) is 71.4 cm³/mol. The fraction of sp³-hybridized carbons (Fsp3) is 0.929. The van der Waals surface area contributed by atoms with Crippen LogP contribution in [0.25, 0.3) is 0 Å². The highest BCUT2D eigenvalue weighted by Crippen LogP contribution is 2.24. The number of amides is 1. The van der Waals surface area contributed by atoms with Crippen molar-refractivity contribution in [3.8, 4) is 0 Å². The van der Waals surface area contributed by atoms with Crippen LogP contribution < -0.4 is 5.32 Å². The van der Waals surface area contributed by atoms with E-state index in [4.69, 9.17) is 4.74 Å². The fourth-order valence-corrected chi connectivity index (χ4v) is 3.05. The number of carbonyl (C=O) groups excluding carboxylic acids is 1. The van der Waals surface area contributed by atoms with E-state index in [2.05, 4.69) is 10.2 Å². The molecule has 18 heavy (non-hydrogen) atoms. The minimum Gasteiger partial charge on any atom is -0.381 e. The molecule has 0 spiro atoms. The van der Waals surface area contributed by atoms with Crippen LogP contribution in [0.5, 0.6) is 0 Å². The first-order chi connectivity index (χ1) is 8.81. The molecule has 2 heterocycles. The molecule has 4 heteroatoms. The molecule has 0 aliphatic carbocycles. The first kappa shape index (κ1) is 13.8. The second-order valence-electron chi connectivity index (χ2n) is 5.57. The maximum Gasteiger partial charge on any atom is 0.225 e. The van der Waals surface area contributed by atoms with Crippen LogP contribution in [0.15, 0.2) is 0 Å². The van der Waals surface area contributed by atoms with Crippen LogP contribution in [0.2, 0.25) is 0 Å². The highest BCUT2D eigenvalue weighted by Gasteiger charge is 2.29. The molecular weight excluding hydrogens is 228 g/mol. The lowest BCUT2D eigenvalue weighted by atomic mass is 9.92. The van der Waals surface area contributed by atoms with Crippen LogP contribution in [0.3, 0.4) is 0 Å². The Bertz CT molecular complexity index is 265. The normalized spacial score (nSPS) is 26.3. The topological polar surface area (TPSA) is 41.6 Å². The van der Waals surface area contributed by atoms with Gasteiger partial charge in [0.1, 0.15) is 0 Å². The van der Waals surface area contributed by atoms with Gasteiger partial charge in [0.05, 0.1) is 0 Å². The number of hydrogen-bond acceptors (Lipinski definition) is 3. The molecule has 0 saturated carbocycles. The van der Waals surface area contributed by atoms with E-state index in [0.717, 1.165) is 45.7 Å². The second-order valence-corrected chi connectivity index (χ2v) is 5.57. The smallest absolute Gasteiger partial charge is 0.225 e. The van der Waals surface area contributed by atoms with Crippen LogP contribution >= 0.6 is 0 Å². The molecule has 2 fully saturated rings. The molecule has 2 rings (SSSR count). The van der Waals surface area contributed by atoms with Crippen LogP contribution in [-0.2, 0) is 9.53 Å². The molecule has 1 amide bonds. The van der Waals surface area contributed by atoms with E-state index in [1.807, 2.05) is 7.05 Å². The fourth-order valence-electron chi connectivity index (χ4n) is 3.05. The van der Waals surface area contributed by atoms with Gasteiger partial charge in [-0.1, -0.05) is 0 Å². The van der Waals surface area contributed by atoms with Crippen LogP contribution in [0, 0.1) is 11.8 Å². The van der Waals surface area contributed by atoms with Crippen molar-refractivity contribution in [3.05, 3.63) is 0 Å². The SMILES string of the molecule is CNCCC1CCCN(C(=O)C2CCOCC2)C1. The Morgan fingerprint density at radius 1 is 1.33 bits per heavy atom. The lowest BCUT2D eigenvalue weighted by Gasteiger charge is -2.36. The van der Waals surface area contributed by atoms with Gasteiger partial charge in [0, 0.05) is 32.2 Å². The molecule has 1 atom stereocenters. The van der Waals surface area contributed by atoms with Gasteiger partial charge in [0.25, 0.3) is 0 Å². The summed E-state index contributed by atoms with van der Waals surface area (Å²) in [7, 11) is 1.99. The number of nitrogens with zero attached hydrogens (tertiary/aromatic N) is 1. The molecule has 2 aliphatic rings. The van der Waals surface area contributed by atoms with Gasteiger partial charge in [-0.25, -0.2) is 0 Å². The van der Waals surface area contributed by atoms with Gasteiger partial charge < -0.3 is 15.0 Å². The molecule has 2 aliphatic heterocycles. The maximum atomic E-state index is 12.4. The standard InChI is InChI=1S/C14H26N2O2/c1-15-7-4-12-3-2-8-16(11-12)14(17)13-5-9-18-10-6-13/h12-13,15H,2-11H2,1H3. The van der Waals surface area contributed by atoms with Crippen LogP contribution in [0.4, 0.5) is 0 Å². The number of carbonyl (C=O) groups is 1. The van der Waals surface area contributed by atoms with Gasteiger partial charge in [-0.15, -0.1) is 0 Å². The van der Waals surface area contributed by atoms with Gasteiger partial charge in [-0.3, -0.25) is 4.79 Å². The summed E-state index contributed by atoms with van der Waals surface area (Å²) in [6, 6.07) is 0. The molecule has 0 bridgehead atoms. The molecule has 1 N–H and O–H groups in total. The average molecular weight is 254 g/mol. The summed E-state index contributed by atoms with van der Waals surface area (Å²) in [6.45, 7) is 4.51. The van der Waals surface area contributed by atoms with E-state index in [9.17, 15) is 4.79 Å². The minimum absolute atomic E-state index is 0.224.